The first-order valence-corrected chi connectivity index (χ1v) is 6.10. The Labute approximate surface area is 102 Å². The normalized spacial score (nSPS) is 10.6. The quantitative estimate of drug-likeness (QED) is 0.756. The number of carboxylic acid groups (broad SMARTS) is 1. The summed E-state index contributed by atoms with van der Waals surface area (Å²) in [5, 5.41) is 22.5. The number of carbonyl (C=O) groups is 1. The molecule has 0 fully saturated rings. The minimum absolute atomic E-state index is 0.152. The first-order valence-electron chi connectivity index (χ1n) is 5.16. The fraction of sp³-hybridized carbons (Fsp3) is 0.273. The van der Waals surface area contributed by atoms with Crippen molar-refractivity contribution in [1.82, 2.24) is 15.5 Å². The summed E-state index contributed by atoms with van der Waals surface area (Å²) in [4.78, 5) is 10.8. The lowest BCUT2D eigenvalue weighted by molar-refractivity contribution is 0.0689. The molecule has 0 spiro atoms. The lowest BCUT2D eigenvalue weighted by Crippen LogP contribution is -2.14. The summed E-state index contributed by atoms with van der Waals surface area (Å²) in [5.74, 6) is -0.981. The molecule has 0 aromatic carbocycles. The van der Waals surface area contributed by atoms with Gasteiger partial charge in [0.2, 0.25) is 0 Å². The third-order valence-corrected chi connectivity index (χ3v) is 3.43. The highest BCUT2D eigenvalue weighted by atomic mass is 32.1. The first-order chi connectivity index (χ1) is 8.18. The van der Waals surface area contributed by atoms with Gasteiger partial charge in [-0.3, -0.25) is 5.10 Å². The van der Waals surface area contributed by atoms with E-state index in [4.69, 9.17) is 5.11 Å². The lowest BCUT2D eigenvalue weighted by Gasteiger charge is -2.03. The van der Waals surface area contributed by atoms with Crippen molar-refractivity contribution in [2.45, 2.75) is 20.0 Å². The summed E-state index contributed by atoms with van der Waals surface area (Å²) in [7, 11) is 0. The number of nitrogens with zero attached hydrogens (tertiary/aromatic N) is 1. The van der Waals surface area contributed by atoms with E-state index in [0.717, 1.165) is 6.54 Å². The van der Waals surface area contributed by atoms with Crippen LogP contribution in [0.5, 0.6) is 0 Å². The third kappa shape index (κ3) is 2.72. The molecule has 2 aromatic heterocycles. The molecule has 5 nitrogen and oxygen atoms in total. The molecule has 2 rings (SSSR count). The average molecular weight is 251 g/mol. The molecule has 2 heterocycles. The van der Waals surface area contributed by atoms with Gasteiger partial charge in [0.15, 0.2) is 0 Å². The maximum atomic E-state index is 10.8. The van der Waals surface area contributed by atoms with Crippen molar-refractivity contribution in [2.24, 2.45) is 0 Å². The molecule has 0 aliphatic rings. The van der Waals surface area contributed by atoms with Gasteiger partial charge >= 0.3 is 5.97 Å². The number of aromatic carboxylic acids is 1. The Kier molecular flexibility index (Phi) is 3.55. The molecule has 6 heteroatoms. The number of carboxylic acids is 1. The smallest absolute Gasteiger partial charge is 0.354 e. The zero-order valence-corrected chi connectivity index (χ0v) is 10.2. The van der Waals surface area contributed by atoms with E-state index in [1.54, 1.807) is 11.3 Å². The van der Waals surface area contributed by atoms with Crippen LogP contribution in [0.4, 0.5) is 0 Å². The number of hydrogen-bond acceptors (Lipinski definition) is 4. The highest BCUT2D eigenvalue weighted by Crippen LogP contribution is 2.13. The van der Waals surface area contributed by atoms with Crippen molar-refractivity contribution >= 4 is 17.3 Å². The maximum Gasteiger partial charge on any atom is 0.354 e. The monoisotopic (exact) mass is 251 g/mol. The zero-order chi connectivity index (χ0) is 12.3. The molecular weight excluding hydrogens is 238 g/mol. The van der Waals surface area contributed by atoms with Gasteiger partial charge in [0.25, 0.3) is 0 Å². The average Bonchev–Trinajstić information content (AvgIpc) is 2.88. The molecule has 0 amide bonds. The molecule has 0 unspecified atom stereocenters. The van der Waals surface area contributed by atoms with Gasteiger partial charge in [-0.2, -0.15) is 16.4 Å². The van der Waals surface area contributed by atoms with E-state index in [1.807, 2.05) is 0 Å². The van der Waals surface area contributed by atoms with Gasteiger partial charge in [0.1, 0.15) is 5.69 Å². The molecule has 0 atom stereocenters. The molecular formula is C11H13N3O2S. The standard InChI is InChI=1S/C11H13N3O2S/c1-7-5-17-6-9(7)3-12-2-8-4-13-14-10(8)11(15)16/h4-6,12H,2-3H2,1H3,(H,13,14)(H,15,16). The van der Waals surface area contributed by atoms with Crippen LogP contribution in [0, 0.1) is 6.92 Å². The summed E-state index contributed by atoms with van der Waals surface area (Å²) >= 11 is 1.67. The van der Waals surface area contributed by atoms with Crippen LogP contribution in [-0.4, -0.2) is 21.3 Å². The highest BCUT2D eigenvalue weighted by molar-refractivity contribution is 7.08. The third-order valence-electron chi connectivity index (χ3n) is 2.52. The Bertz CT molecular complexity index is 518. The van der Waals surface area contributed by atoms with Crippen molar-refractivity contribution in [2.75, 3.05) is 0 Å². The van der Waals surface area contributed by atoms with Gasteiger partial charge in [-0.1, -0.05) is 0 Å². The summed E-state index contributed by atoms with van der Waals surface area (Å²) in [6, 6.07) is 0. The number of thiophene rings is 1. The number of aromatic amines is 1. The molecule has 0 saturated heterocycles. The molecule has 3 N–H and O–H groups in total. The van der Waals surface area contributed by atoms with Gasteiger partial charge < -0.3 is 10.4 Å². The highest BCUT2D eigenvalue weighted by Gasteiger charge is 2.11. The van der Waals surface area contributed by atoms with Crippen molar-refractivity contribution in [3.63, 3.8) is 0 Å². The van der Waals surface area contributed by atoms with Crippen molar-refractivity contribution in [3.8, 4) is 0 Å². The summed E-state index contributed by atoms with van der Waals surface area (Å²) in [6.45, 7) is 3.29. The number of hydrogen-bond donors (Lipinski definition) is 3. The number of nitrogens with one attached hydrogen (secondary N) is 2. The van der Waals surface area contributed by atoms with Crippen LogP contribution in [0.1, 0.15) is 27.2 Å². The van der Waals surface area contributed by atoms with E-state index >= 15 is 0 Å². The molecule has 0 radical (unpaired) electrons. The Morgan fingerprint density at radius 2 is 2.24 bits per heavy atom. The van der Waals surface area contributed by atoms with Gasteiger partial charge in [-0.25, -0.2) is 4.79 Å². The fourth-order valence-corrected chi connectivity index (χ4v) is 2.39. The van der Waals surface area contributed by atoms with Gasteiger partial charge in [0, 0.05) is 18.7 Å². The van der Waals surface area contributed by atoms with Crippen LogP contribution in [0.15, 0.2) is 17.0 Å². The van der Waals surface area contributed by atoms with E-state index in [2.05, 4.69) is 33.2 Å². The Hall–Kier alpha value is -1.66. The molecule has 17 heavy (non-hydrogen) atoms. The molecule has 0 aliphatic heterocycles. The Morgan fingerprint density at radius 3 is 2.88 bits per heavy atom. The summed E-state index contributed by atoms with van der Waals surface area (Å²) in [6.07, 6.45) is 1.54. The van der Waals surface area contributed by atoms with Crippen LogP contribution >= 0.6 is 11.3 Å². The predicted octanol–water partition coefficient (Wildman–Crippen LogP) is 1.77. The second-order valence-electron chi connectivity index (χ2n) is 3.76. The second-order valence-corrected chi connectivity index (χ2v) is 4.50. The lowest BCUT2D eigenvalue weighted by atomic mass is 10.2. The van der Waals surface area contributed by atoms with Gasteiger partial charge in [-0.15, -0.1) is 0 Å². The van der Waals surface area contributed by atoms with Crippen LogP contribution in [0.2, 0.25) is 0 Å². The van der Waals surface area contributed by atoms with Crippen molar-refractivity contribution < 1.29 is 9.90 Å². The summed E-state index contributed by atoms with van der Waals surface area (Å²) < 4.78 is 0. The molecule has 90 valence electrons. The van der Waals surface area contributed by atoms with Crippen LogP contribution < -0.4 is 5.32 Å². The number of aryl methyl sites for hydroxylation is 1. The van der Waals surface area contributed by atoms with E-state index in [-0.39, 0.29) is 5.69 Å². The first kappa shape index (κ1) is 11.8. The molecule has 0 saturated carbocycles. The van der Waals surface area contributed by atoms with Gasteiger partial charge in [-0.05, 0) is 28.8 Å². The minimum atomic E-state index is -0.981. The number of aromatic nitrogens is 2. The van der Waals surface area contributed by atoms with Crippen molar-refractivity contribution in [3.05, 3.63) is 39.3 Å². The largest absolute Gasteiger partial charge is 0.477 e. The minimum Gasteiger partial charge on any atom is -0.477 e. The topological polar surface area (TPSA) is 78.0 Å². The van der Waals surface area contributed by atoms with Crippen LogP contribution in [0.3, 0.4) is 0 Å². The van der Waals surface area contributed by atoms with Crippen LogP contribution in [-0.2, 0) is 13.1 Å². The number of H-pyrrole nitrogens is 1. The fourth-order valence-electron chi connectivity index (χ4n) is 1.53. The zero-order valence-electron chi connectivity index (χ0n) is 9.36. The second kappa shape index (κ2) is 5.11. The molecule has 2 aromatic rings. The maximum absolute atomic E-state index is 10.8. The van der Waals surface area contributed by atoms with E-state index in [1.165, 1.54) is 17.3 Å². The Balaban J connectivity index is 1.92. The van der Waals surface area contributed by atoms with Crippen molar-refractivity contribution in [1.29, 1.82) is 0 Å². The summed E-state index contributed by atoms with van der Waals surface area (Å²) in [5.41, 5.74) is 3.33. The van der Waals surface area contributed by atoms with Crippen LogP contribution in [0.25, 0.3) is 0 Å². The van der Waals surface area contributed by atoms with E-state index in [0.29, 0.717) is 12.1 Å². The van der Waals surface area contributed by atoms with E-state index < -0.39 is 5.97 Å². The van der Waals surface area contributed by atoms with Gasteiger partial charge in [0.05, 0.1) is 6.20 Å². The predicted molar refractivity (Wildman–Crippen MR) is 65.1 cm³/mol. The molecule has 0 bridgehead atoms. The molecule has 0 aliphatic carbocycles. The SMILES string of the molecule is Cc1cscc1CNCc1cn[nH]c1C(=O)O. The Morgan fingerprint density at radius 1 is 1.47 bits per heavy atom. The number of rotatable bonds is 5. The van der Waals surface area contributed by atoms with E-state index in [9.17, 15) is 4.79 Å².